The molecule has 0 bridgehead atoms. The zero-order valence-electron chi connectivity index (χ0n) is 8.99. The molecule has 1 amide bonds. The molecule has 1 saturated heterocycles. The van der Waals surface area contributed by atoms with Gasteiger partial charge in [0.15, 0.2) is 0 Å². The Morgan fingerprint density at radius 2 is 2.53 bits per heavy atom. The number of carbonyl (C=O) groups is 1. The summed E-state index contributed by atoms with van der Waals surface area (Å²) in [4.78, 5) is 10.9. The lowest BCUT2D eigenvalue weighted by Gasteiger charge is -2.10. The molecule has 2 N–H and O–H groups in total. The highest BCUT2D eigenvalue weighted by atomic mass is 16.1. The fourth-order valence-electron chi connectivity index (χ4n) is 1.89. The summed E-state index contributed by atoms with van der Waals surface area (Å²) in [5, 5.41) is 6.29. The van der Waals surface area contributed by atoms with Gasteiger partial charge in [-0.15, -0.1) is 0 Å². The molecule has 0 radical (unpaired) electrons. The van der Waals surface area contributed by atoms with Crippen LogP contribution in [-0.4, -0.2) is 23.1 Å². The van der Waals surface area contributed by atoms with E-state index in [9.17, 15) is 4.79 Å². The Morgan fingerprint density at radius 1 is 1.67 bits per heavy atom. The Hall–Kier alpha value is -1.29. The van der Waals surface area contributed by atoms with Gasteiger partial charge in [0.05, 0.1) is 0 Å². The molecular formula is C11H17N3O. The van der Waals surface area contributed by atoms with E-state index in [1.165, 1.54) is 5.56 Å². The second kappa shape index (κ2) is 4.49. The average Bonchev–Trinajstić information content (AvgIpc) is 2.76. The van der Waals surface area contributed by atoms with Crippen molar-refractivity contribution in [3.8, 4) is 0 Å². The van der Waals surface area contributed by atoms with Crippen LogP contribution >= 0.6 is 0 Å². The molecule has 1 atom stereocenters. The molecule has 2 heterocycles. The molecule has 2 rings (SSSR count). The second-order valence-corrected chi connectivity index (χ2v) is 4.12. The molecule has 4 nitrogen and oxygen atoms in total. The van der Waals surface area contributed by atoms with Gasteiger partial charge in [0.1, 0.15) is 0 Å². The topological polar surface area (TPSA) is 46.1 Å². The second-order valence-electron chi connectivity index (χ2n) is 4.12. The van der Waals surface area contributed by atoms with Crippen molar-refractivity contribution in [1.29, 1.82) is 0 Å². The molecule has 1 aliphatic heterocycles. The number of hydrogen-bond acceptors (Lipinski definition) is 2. The van der Waals surface area contributed by atoms with Gasteiger partial charge in [-0.05, 0) is 18.1 Å². The SMILES string of the molecule is Cn1ccc(CNCC2CCC(=O)N2)c1. The largest absolute Gasteiger partial charge is 0.357 e. The number of aryl methyl sites for hydroxylation is 1. The van der Waals surface area contributed by atoms with Gasteiger partial charge in [-0.25, -0.2) is 0 Å². The van der Waals surface area contributed by atoms with E-state index in [4.69, 9.17) is 0 Å². The van der Waals surface area contributed by atoms with Crippen LogP contribution in [0.2, 0.25) is 0 Å². The summed E-state index contributed by atoms with van der Waals surface area (Å²) in [7, 11) is 2.01. The average molecular weight is 207 g/mol. The Balaban J connectivity index is 1.69. The van der Waals surface area contributed by atoms with Crippen molar-refractivity contribution in [2.75, 3.05) is 6.54 Å². The number of carbonyl (C=O) groups excluding carboxylic acids is 1. The summed E-state index contributed by atoms with van der Waals surface area (Å²) in [5.74, 6) is 0.182. The lowest BCUT2D eigenvalue weighted by Crippen LogP contribution is -2.35. The van der Waals surface area contributed by atoms with Crippen molar-refractivity contribution in [3.63, 3.8) is 0 Å². The number of nitrogens with one attached hydrogen (secondary N) is 2. The highest BCUT2D eigenvalue weighted by Gasteiger charge is 2.19. The summed E-state index contributed by atoms with van der Waals surface area (Å²) in [6.45, 7) is 1.73. The van der Waals surface area contributed by atoms with Gasteiger partial charge in [0.2, 0.25) is 5.91 Å². The standard InChI is InChI=1S/C11H17N3O/c1-14-5-4-9(8-14)6-12-7-10-2-3-11(15)13-10/h4-5,8,10,12H,2-3,6-7H2,1H3,(H,13,15). The number of nitrogens with zero attached hydrogens (tertiary/aromatic N) is 1. The maximum Gasteiger partial charge on any atom is 0.220 e. The lowest BCUT2D eigenvalue weighted by atomic mass is 10.2. The monoisotopic (exact) mass is 207 g/mol. The van der Waals surface area contributed by atoms with E-state index >= 15 is 0 Å². The van der Waals surface area contributed by atoms with Crippen LogP contribution in [-0.2, 0) is 18.4 Å². The summed E-state index contributed by atoms with van der Waals surface area (Å²) in [6.07, 6.45) is 5.77. The number of aromatic nitrogens is 1. The van der Waals surface area contributed by atoms with Crippen molar-refractivity contribution >= 4 is 5.91 Å². The van der Waals surface area contributed by atoms with E-state index in [-0.39, 0.29) is 5.91 Å². The van der Waals surface area contributed by atoms with Crippen molar-refractivity contribution in [2.24, 2.45) is 7.05 Å². The van der Waals surface area contributed by atoms with Crippen LogP contribution in [0.3, 0.4) is 0 Å². The molecule has 1 aromatic rings. The molecule has 1 aliphatic rings. The molecule has 4 heteroatoms. The summed E-state index contributed by atoms with van der Waals surface area (Å²) < 4.78 is 2.04. The van der Waals surface area contributed by atoms with Crippen LogP contribution < -0.4 is 10.6 Å². The molecule has 1 aromatic heterocycles. The molecule has 0 spiro atoms. The molecule has 15 heavy (non-hydrogen) atoms. The molecule has 1 unspecified atom stereocenters. The lowest BCUT2D eigenvalue weighted by molar-refractivity contribution is -0.119. The summed E-state index contributed by atoms with van der Waals surface area (Å²) >= 11 is 0. The van der Waals surface area contributed by atoms with Gasteiger partial charge >= 0.3 is 0 Å². The molecule has 1 fully saturated rings. The van der Waals surface area contributed by atoms with E-state index in [1.54, 1.807) is 0 Å². The van der Waals surface area contributed by atoms with Crippen molar-refractivity contribution in [1.82, 2.24) is 15.2 Å². The quantitative estimate of drug-likeness (QED) is 0.750. The zero-order chi connectivity index (χ0) is 10.7. The van der Waals surface area contributed by atoms with Gasteiger partial charge in [-0.1, -0.05) is 0 Å². The third kappa shape index (κ3) is 2.83. The number of amides is 1. The van der Waals surface area contributed by atoms with Crippen molar-refractivity contribution in [3.05, 3.63) is 24.0 Å². The van der Waals surface area contributed by atoms with Crippen LogP contribution in [0.15, 0.2) is 18.5 Å². The minimum Gasteiger partial charge on any atom is -0.357 e. The molecule has 0 aliphatic carbocycles. The zero-order valence-corrected chi connectivity index (χ0v) is 8.99. The molecule has 0 aromatic carbocycles. The van der Waals surface area contributed by atoms with Crippen molar-refractivity contribution in [2.45, 2.75) is 25.4 Å². The number of hydrogen-bond donors (Lipinski definition) is 2. The maximum atomic E-state index is 10.9. The normalized spacial score (nSPS) is 20.6. The number of rotatable bonds is 4. The van der Waals surface area contributed by atoms with Crippen LogP contribution in [0.1, 0.15) is 18.4 Å². The molecular weight excluding hydrogens is 190 g/mol. The third-order valence-electron chi connectivity index (χ3n) is 2.70. The van der Waals surface area contributed by atoms with Gasteiger partial charge in [0.25, 0.3) is 0 Å². The van der Waals surface area contributed by atoms with Crippen LogP contribution in [0.5, 0.6) is 0 Å². The maximum absolute atomic E-state index is 10.9. The van der Waals surface area contributed by atoms with E-state index in [0.717, 1.165) is 19.5 Å². The molecule has 82 valence electrons. The van der Waals surface area contributed by atoms with Gasteiger partial charge in [0, 0.05) is 45.0 Å². The van der Waals surface area contributed by atoms with Gasteiger partial charge in [-0.2, -0.15) is 0 Å². The first-order valence-corrected chi connectivity index (χ1v) is 5.35. The van der Waals surface area contributed by atoms with Crippen LogP contribution in [0.25, 0.3) is 0 Å². The summed E-state index contributed by atoms with van der Waals surface area (Å²) in [5.41, 5.74) is 1.28. The Bertz CT molecular complexity index is 345. The minimum atomic E-state index is 0.182. The predicted octanol–water partition coefficient (Wildman–Crippen LogP) is 0.393. The molecule has 0 saturated carbocycles. The van der Waals surface area contributed by atoms with E-state index < -0.39 is 0 Å². The minimum absolute atomic E-state index is 0.182. The van der Waals surface area contributed by atoms with E-state index in [2.05, 4.69) is 22.9 Å². The Labute approximate surface area is 89.7 Å². The third-order valence-corrected chi connectivity index (χ3v) is 2.70. The predicted molar refractivity (Wildman–Crippen MR) is 58.3 cm³/mol. The first-order valence-electron chi connectivity index (χ1n) is 5.35. The first-order chi connectivity index (χ1) is 7.24. The summed E-state index contributed by atoms with van der Waals surface area (Å²) in [6, 6.07) is 2.42. The van der Waals surface area contributed by atoms with Crippen LogP contribution in [0, 0.1) is 0 Å². The van der Waals surface area contributed by atoms with E-state index in [1.807, 2.05) is 17.8 Å². The van der Waals surface area contributed by atoms with Crippen molar-refractivity contribution < 1.29 is 4.79 Å². The Morgan fingerprint density at radius 3 is 3.13 bits per heavy atom. The fourth-order valence-corrected chi connectivity index (χ4v) is 1.89. The van der Waals surface area contributed by atoms with Crippen LogP contribution in [0.4, 0.5) is 0 Å². The van der Waals surface area contributed by atoms with Gasteiger partial charge < -0.3 is 15.2 Å². The smallest absolute Gasteiger partial charge is 0.220 e. The fraction of sp³-hybridized carbons (Fsp3) is 0.545. The highest BCUT2D eigenvalue weighted by molar-refractivity contribution is 5.78. The first kappa shape index (κ1) is 10.2. The Kier molecular flexibility index (Phi) is 3.06. The van der Waals surface area contributed by atoms with E-state index in [0.29, 0.717) is 12.5 Å². The van der Waals surface area contributed by atoms with Gasteiger partial charge in [-0.3, -0.25) is 4.79 Å². The highest BCUT2D eigenvalue weighted by Crippen LogP contribution is 2.05.